The first-order valence-corrected chi connectivity index (χ1v) is 17.3. The van der Waals surface area contributed by atoms with Gasteiger partial charge in [0, 0.05) is 43.7 Å². The molecule has 2 aliphatic heterocycles. The van der Waals surface area contributed by atoms with Crippen LogP contribution in [0.5, 0.6) is 5.88 Å². The molecular formula is C35H54N6O5. The SMILES string of the molecule is CC(C)[C@@H]1CN(c2cc(O[C@@H](C)[C@@H]3CCCN3C)nc(C(N)=C3CCC[C@@]4(CCCCC4=O)C3=O)n2)CCN1C(=O)OC(C)(C)C. The van der Waals surface area contributed by atoms with E-state index < -0.39 is 11.0 Å². The average Bonchev–Trinajstić information content (AvgIpc) is 3.44. The van der Waals surface area contributed by atoms with Crippen LogP contribution in [0, 0.1) is 11.3 Å². The highest BCUT2D eigenvalue weighted by Gasteiger charge is 2.49. The number of rotatable bonds is 6. The van der Waals surface area contributed by atoms with E-state index in [4.69, 9.17) is 25.2 Å². The zero-order valence-electron chi connectivity index (χ0n) is 28.9. The number of allylic oxidation sites excluding steroid dienone is 1. The van der Waals surface area contributed by atoms with Gasteiger partial charge in [0.15, 0.2) is 11.6 Å². The summed E-state index contributed by atoms with van der Waals surface area (Å²) >= 11 is 0. The summed E-state index contributed by atoms with van der Waals surface area (Å²) in [5.74, 6) is 1.35. The van der Waals surface area contributed by atoms with Crippen molar-refractivity contribution in [1.82, 2.24) is 19.8 Å². The number of ketones is 2. The number of likely N-dealkylation sites (N-methyl/N-ethyl adjacent to an activating group) is 1. The van der Waals surface area contributed by atoms with E-state index in [-0.39, 0.29) is 53.3 Å². The first kappa shape index (κ1) is 34.1. The second kappa shape index (κ2) is 13.5. The molecule has 5 rings (SSSR count). The summed E-state index contributed by atoms with van der Waals surface area (Å²) in [6.07, 6.45) is 6.27. The number of carbonyl (C=O) groups is 3. The molecule has 0 radical (unpaired) electrons. The maximum atomic E-state index is 14.0. The Labute approximate surface area is 274 Å². The zero-order valence-corrected chi connectivity index (χ0v) is 28.9. The number of likely N-dealkylation sites (tertiary alicyclic amines) is 1. The number of ether oxygens (including phenoxy) is 2. The van der Waals surface area contributed by atoms with Crippen molar-refractivity contribution in [1.29, 1.82) is 0 Å². The Bertz CT molecular complexity index is 1350. The third kappa shape index (κ3) is 7.04. The van der Waals surface area contributed by atoms with Crippen LogP contribution in [0.3, 0.4) is 0 Å². The van der Waals surface area contributed by atoms with E-state index in [1.165, 1.54) is 0 Å². The van der Waals surface area contributed by atoms with Crippen molar-refractivity contribution in [3.05, 3.63) is 17.5 Å². The minimum Gasteiger partial charge on any atom is -0.473 e. The van der Waals surface area contributed by atoms with Crippen LogP contribution in [0.25, 0.3) is 5.70 Å². The van der Waals surface area contributed by atoms with E-state index >= 15 is 0 Å². The van der Waals surface area contributed by atoms with Gasteiger partial charge in [-0.1, -0.05) is 20.3 Å². The molecule has 4 atom stereocenters. The van der Waals surface area contributed by atoms with E-state index in [0.717, 1.165) is 38.6 Å². The molecule has 2 N–H and O–H groups in total. The summed E-state index contributed by atoms with van der Waals surface area (Å²) in [5, 5.41) is 0. The van der Waals surface area contributed by atoms with E-state index in [9.17, 15) is 14.4 Å². The van der Waals surface area contributed by atoms with Crippen molar-refractivity contribution < 1.29 is 23.9 Å². The molecule has 4 fully saturated rings. The third-order valence-electron chi connectivity index (χ3n) is 10.4. The van der Waals surface area contributed by atoms with Gasteiger partial charge in [-0.15, -0.1) is 0 Å². The van der Waals surface area contributed by atoms with E-state index in [0.29, 0.717) is 62.6 Å². The number of Topliss-reactive ketones (excluding diaryl/α,β-unsaturated/α-hetero) is 2. The van der Waals surface area contributed by atoms with Gasteiger partial charge in [0.25, 0.3) is 0 Å². The normalized spacial score (nSPS) is 28.2. The highest BCUT2D eigenvalue weighted by atomic mass is 16.6. The van der Waals surface area contributed by atoms with Gasteiger partial charge in [-0.05, 0) is 92.2 Å². The Morgan fingerprint density at radius 1 is 1.00 bits per heavy atom. The minimum absolute atomic E-state index is 0.0459. The smallest absolute Gasteiger partial charge is 0.410 e. The monoisotopic (exact) mass is 638 g/mol. The summed E-state index contributed by atoms with van der Waals surface area (Å²) in [6.45, 7) is 14.5. The van der Waals surface area contributed by atoms with Gasteiger partial charge in [0.05, 0.1) is 17.2 Å². The predicted molar refractivity (Wildman–Crippen MR) is 177 cm³/mol. The van der Waals surface area contributed by atoms with Crippen molar-refractivity contribution in [3.63, 3.8) is 0 Å². The summed E-state index contributed by atoms with van der Waals surface area (Å²) in [7, 11) is 2.12. The number of amides is 1. The quantitative estimate of drug-likeness (QED) is 0.337. The molecule has 0 bridgehead atoms. The van der Waals surface area contributed by atoms with Crippen LogP contribution in [0.2, 0.25) is 0 Å². The summed E-state index contributed by atoms with van der Waals surface area (Å²) in [4.78, 5) is 56.3. The largest absolute Gasteiger partial charge is 0.473 e. The van der Waals surface area contributed by atoms with Gasteiger partial charge in [0.1, 0.15) is 23.3 Å². The lowest BCUT2D eigenvalue weighted by Crippen LogP contribution is -2.58. The molecule has 11 heteroatoms. The number of piperazine rings is 1. The molecule has 1 amide bonds. The van der Waals surface area contributed by atoms with Crippen LogP contribution < -0.4 is 15.4 Å². The molecule has 1 aromatic rings. The lowest BCUT2D eigenvalue weighted by atomic mass is 9.62. The highest BCUT2D eigenvalue weighted by molar-refractivity contribution is 6.17. The minimum atomic E-state index is -0.961. The Balaban J connectivity index is 1.49. The molecule has 4 aliphatic rings. The van der Waals surface area contributed by atoms with Crippen LogP contribution >= 0.6 is 0 Å². The second-order valence-electron chi connectivity index (χ2n) is 15.1. The molecule has 1 spiro atoms. The average molecular weight is 639 g/mol. The number of hydrogen-bond acceptors (Lipinski definition) is 10. The van der Waals surface area contributed by atoms with E-state index in [1.807, 2.05) is 31.7 Å². The van der Waals surface area contributed by atoms with Crippen molar-refractivity contribution in [2.24, 2.45) is 17.1 Å². The molecular weight excluding hydrogens is 584 g/mol. The Kier molecular flexibility index (Phi) is 10.0. The maximum Gasteiger partial charge on any atom is 0.410 e. The van der Waals surface area contributed by atoms with Crippen molar-refractivity contribution >= 4 is 29.2 Å². The number of anilines is 1. The maximum absolute atomic E-state index is 14.0. The van der Waals surface area contributed by atoms with Crippen LogP contribution in [0.4, 0.5) is 10.6 Å². The van der Waals surface area contributed by atoms with Gasteiger partial charge >= 0.3 is 6.09 Å². The second-order valence-corrected chi connectivity index (χ2v) is 15.1. The van der Waals surface area contributed by atoms with E-state index in [2.05, 4.69) is 37.6 Å². The molecule has 0 aromatic carbocycles. The van der Waals surface area contributed by atoms with Crippen molar-refractivity contribution in [2.45, 2.75) is 123 Å². The van der Waals surface area contributed by atoms with Gasteiger partial charge in [-0.3, -0.25) is 14.5 Å². The van der Waals surface area contributed by atoms with Crippen LogP contribution in [-0.4, -0.2) is 94.4 Å². The highest BCUT2D eigenvalue weighted by Crippen LogP contribution is 2.45. The fraction of sp³-hybridized carbons (Fsp3) is 0.743. The lowest BCUT2D eigenvalue weighted by Gasteiger charge is -2.44. The predicted octanol–water partition coefficient (Wildman–Crippen LogP) is 4.97. The van der Waals surface area contributed by atoms with Crippen LogP contribution in [0.1, 0.15) is 105 Å². The Morgan fingerprint density at radius 3 is 2.39 bits per heavy atom. The number of aromatic nitrogens is 2. The Hall–Kier alpha value is -3.21. The van der Waals surface area contributed by atoms with Crippen LogP contribution in [-0.2, 0) is 14.3 Å². The van der Waals surface area contributed by atoms with Gasteiger partial charge < -0.3 is 25.0 Å². The summed E-state index contributed by atoms with van der Waals surface area (Å²) < 4.78 is 12.2. The van der Waals surface area contributed by atoms with Gasteiger partial charge in [-0.25, -0.2) is 9.78 Å². The lowest BCUT2D eigenvalue weighted by molar-refractivity contribution is -0.143. The van der Waals surface area contributed by atoms with Crippen molar-refractivity contribution in [2.75, 3.05) is 38.1 Å². The molecule has 0 unspecified atom stereocenters. The molecule has 3 heterocycles. The first-order chi connectivity index (χ1) is 21.7. The van der Waals surface area contributed by atoms with Crippen LogP contribution in [0.15, 0.2) is 11.6 Å². The number of hydrogen-bond donors (Lipinski definition) is 1. The standard InChI is InChI=1S/C35H54N6O5/c1-22(2)26-21-40(18-19-41(26)33(44)46-34(4,5)6)28-20-29(45-23(3)25-13-11-17-39(25)7)38-32(37-28)30(36)24-12-10-16-35(31(24)43)15-9-8-14-27(35)42/h20,22-23,25-26H,8-19,21,36H2,1-7H3/t23-,25-,26-,35+/m0/s1. The fourth-order valence-corrected chi connectivity index (χ4v) is 7.76. The Morgan fingerprint density at radius 2 is 1.74 bits per heavy atom. The van der Waals surface area contributed by atoms with Crippen molar-refractivity contribution in [3.8, 4) is 5.88 Å². The topological polar surface area (TPSA) is 131 Å². The molecule has 1 aromatic heterocycles. The molecule has 254 valence electrons. The summed E-state index contributed by atoms with van der Waals surface area (Å²) in [6, 6.07) is 2.00. The van der Waals surface area contributed by atoms with E-state index in [1.54, 1.807) is 0 Å². The molecule has 2 aliphatic carbocycles. The number of carbonyl (C=O) groups excluding carboxylic acids is 3. The molecule has 2 saturated carbocycles. The molecule has 2 saturated heterocycles. The summed E-state index contributed by atoms with van der Waals surface area (Å²) in [5.41, 5.74) is 5.95. The first-order valence-electron chi connectivity index (χ1n) is 17.3. The fourth-order valence-electron chi connectivity index (χ4n) is 7.76. The third-order valence-corrected chi connectivity index (χ3v) is 10.4. The molecule has 46 heavy (non-hydrogen) atoms. The molecule has 11 nitrogen and oxygen atoms in total. The van der Waals surface area contributed by atoms with Gasteiger partial charge in [0.2, 0.25) is 5.88 Å². The number of nitrogens with zero attached hydrogens (tertiary/aromatic N) is 5. The number of nitrogens with two attached hydrogens (primary N) is 1. The van der Waals surface area contributed by atoms with Gasteiger partial charge in [-0.2, -0.15) is 4.98 Å². The zero-order chi connectivity index (χ0) is 33.4.